The number of phosphoric acid groups is 3. The Kier molecular flexibility index (Phi) is 11.4. The largest absolute Gasteiger partial charge is 0.756 e. The van der Waals surface area contributed by atoms with E-state index in [-0.39, 0.29) is 23.1 Å². The summed E-state index contributed by atoms with van der Waals surface area (Å²) in [6.07, 6.45) is -0.768. The molecule has 3 rings (SSSR count). The van der Waals surface area contributed by atoms with E-state index >= 15 is 0 Å². The molecular weight excluding hydrogens is 651 g/mol. The van der Waals surface area contributed by atoms with Gasteiger partial charge in [0.2, 0.25) is 0 Å². The van der Waals surface area contributed by atoms with Crippen molar-refractivity contribution in [2.45, 2.75) is 37.0 Å². The first kappa shape index (κ1) is 33.9. The summed E-state index contributed by atoms with van der Waals surface area (Å²) in [5, 5.41) is -0.104. The molecule has 17 nitrogen and oxygen atoms in total. The fraction of sp³-hybridized carbons (Fsp3) is 0.421. The minimum Gasteiger partial charge on any atom is -0.756 e. The number of carbonyl (C=O) groups is 1. The average Bonchev–Trinajstić information content (AvgIpc) is 3.22. The number of ether oxygens (including phenoxy) is 2. The highest BCUT2D eigenvalue weighted by molar-refractivity contribution is 8.76. The molecular formula is C19H25N3O14P3S2-. The normalized spacial score (nSPS) is 22.9. The van der Waals surface area contributed by atoms with Crippen LogP contribution in [0, 0.1) is 0 Å². The third-order valence-electron chi connectivity index (χ3n) is 5.27. The molecule has 22 heteroatoms. The second-order valence-electron chi connectivity index (χ2n) is 8.21. The third-order valence-corrected chi connectivity index (χ3v) is 11.2. The van der Waals surface area contributed by atoms with E-state index in [2.05, 4.69) is 18.1 Å². The van der Waals surface area contributed by atoms with Gasteiger partial charge in [0.05, 0.1) is 12.2 Å². The van der Waals surface area contributed by atoms with E-state index in [1.165, 1.54) is 33.9 Å². The predicted octanol–water partition coefficient (Wildman–Crippen LogP) is 2.12. The van der Waals surface area contributed by atoms with Crippen molar-refractivity contribution in [1.82, 2.24) is 9.55 Å². The average molecular weight is 676 g/mol. The predicted molar refractivity (Wildman–Crippen MR) is 144 cm³/mol. The Labute approximate surface area is 240 Å². The summed E-state index contributed by atoms with van der Waals surface area (Å²) in [6.45, 7) is 0.920. The van der Waals surface area contributed by atoms with Crippen molar-refractivity contribution in [3.05, 3.63) is 58.1 Å². The van der Waals surface area contributed by atoms with Gasteiger partial charge in [0.15, 0.2) is 0 Å². The molecule has 1 saturated heterocycles. The highest BCUT2D eigenvalue weighted by Crippen LogP contribution is 2.65. The molecule has 0 radical (unpaired) electrons. The molecule has 6 atom stereocenters. The van der Waals surface area contributed by atoms with Gasteiger partial charge in [0.25, 0.3) is 7.82 Å². The van der Waals surface area contributed by atoms with Gasteiger partial charge in [-0.1, -0.05) is 39.8 Å². The van der Waals surface area contributed by atoms with E-state index in [1.54, 1.807) is 24.3 Å². The highest BCUT2D eigenvalue weighted by Gasteiger charge is 2.42. The number of aromatic nitrogens is 2. The standard InChI is InChI=1S/C19H26N3O14P3S2/c1-11(41-40-2)12-5-3-4-6-13(12)18(23)34-14-9-17(22-8-7-16(20)21-19(22)24)33-15(14)10-32-38(28,29)36-39(30,31)35-37(25,26)27/h3-8,11,14-15,17H,9-10H2,1-2H3,(H,28,29)(H,30,31)(H2,20,21,24)(H2,25,26,27)/p-1/t11?,14?,15-,17-/m1/s1. The smallest absolute Gasteiger partial charge is 0.487 e. The number of hydrogen-bond donors (Lipinski definition) is 4. The maximum atomic E-state index is 13.2. The van der Waals surface area contributed by atoms with Crippen LogP contribution in [0.2, 0.25) is 0 Å². The Hall–Kier alpha value is -1.56. The molecule has 4 unspecified atom stereocenters. The highest BCUT2D eigenvalue weighted by atomic mass is 33.1. The molecule has 5 N–H and O–H groups in total. The molecule has 0 bridgehead atoms. The lowest BCUT2D eigenvalue weighted by Gasteiger charge is -2.27. The van der Waals surface area contributed by atoms with Crippen LogP contribution in [0.3, 0.4) is 0 Å². The fourth-order valence-corrected chi connectivity index (χ4v) is 8.46. The Morgan fingerprint density at radius 1 is 1.24 bits per heavy atom. The van der Waals surface area contributed by atoms with Crippen LogP contribution < -0.4 is 16.3 Å². The van der Waals surface area contributed by atoms with Gasteiger partial charge in [0, 0.05) is 17.9 Å². The summed E-state index contributed by atoms with van der Waals surface area (Å²) in [4.78, 5) is 67.9. The number of nitrogens with zero attached hydrogens (tertiary/aromatic N) is 2. The van der Waals surface area contributed by atoms with Gasteiger partial charge in [0.1, 0.15) is 24.3 Å². The van der Waals surface area contributed by atoms with Crippen molar-refractivity contribution in [3.63, 3.8) is 0 Å². The molecule has 1 aromatic heterocycles. The summed E-state index contributed by atoms with van der Waals surface area (Å²) < 4.78 is 58.8. The van der Waals surface area contributed by atoms with Crippen molar-refractivity contribution in [2.24, 2.45) is 0 Å². The lowest BCUT2D eigenvalue weighted by Crippen LogP contribution is -2.32. The molecule has 0 amide bonds. The van der Waals surface area contributed by atoms with Crippen molar-refractivity contribution in [3.8, 4) is 0 Å². The molecule has 1 aliphatic rings. The summed E-state index contributed by atoms with van der Waals surface area (Å²) in [7, 11) is -14.2. The van der Waals surface area contributed by atoms with Crippen molar-refractivity contribution in [1.29, 1.82) is 0 Å². The number of hydrogen-bond acceptors (Lipinski definition) is 15. The number of rotatable bonds is 13. The van der Waals surface area contributed by atoms with Crippen molar-refractivity contribution in [2.75, 3.05) is 18.6 Å². The van der Waals surface area contributed by atoms with Crippen LogP contribution in [-0.2, 0) is 36.3 Å². The molecule has 1 aromatic carbocycles. The SMILES string of the molecule is CSSC(C)c1ccccc1C(=O)OC1C[C@H](n2ccc(N)nc2=O)O[C@@H]1COP(=O)([O-])OP(=O)(O)OP(=O)(O)O. The van der Waals surface area contributed by atoms with Crippen molar-refractivity contribution < 1.29 is 60.7 Å². The van der Waals surface area contributed by atoms with Crippen LogP contribution in [0.5, 0.6) is 0 Å². The molecule has 0 spiro atoms. The number of nitrogen functional groups attached to an aromatic ring is 1. The van der Waals surface area contributed by atoms with Crippen LogP contribution in [0.1, 0.15) is 40.7 Å². The third kappa shape index (κ3) is 10.0. The van der Waals surface area contributed by atoms with Gasteiger partial charge in [-0.05, 0) is 30.9 Å². The Bertz CT molecular complexity index is 1460. The van der Waals surface area contributed by atoms with Crippen LogP contribution in [0.15, 0.2) is 41.3 Å². The lowest BCUT2D eigenvalue weighted by atomic mass is 10.0. The van der Waals surface area contributed by atoms with Crippen LogP contribution >= 0.6 is 45.1 Å². The fourth-order valence-electron chi connectivity index (χ4n) is 3.69. The number of phosphoric ester groups is 1. The minimum absolute atomic E-state index is 0.0728. The zero-order valence-corrected chi connectivity index (χ0v) is 25.5. The first-order valence-corrected chi connectivity index (χ1v) is 18.4. The molecule has 2 heterocycles. The van der Waals surface area contributed by atoms with Crippen LogP contribution in [0.25, 0.3) is 0 Å². The van der Waals surface area contributed by atoms with Gasteiger partial charge < -0.3 is 39.3 Å². The second kappa shape index (κ2) is 13.8. The maximum absolute atomic E-state index is 13.2. The molecule has 0 saturated carbocycles. The summed E-state index contributed by atoms with van der Waals surface area (Å²) in [5.74, 6) is -0.857. The lowest BCUT2D eigenvalue weighted by molar-refractivity contribution is -0.221. The first-order chi connectivity index (χ1) is 19.0. The number of benzene rings is 1. The zero-order valence-electron chi connectivity index (χ0n) is 21.2. The van der Waals surface area contributed by atoms with Gasteiger partial charge in [-0.3, -0.25) is 9.13 Å². The number of esters is 1. The first-order valence-electron chi connectivity index (χ1n) is 11.3. The van der Waals surface area contributed by atoms with Gasteiger partial charge in [-0.15, -0.1) is 0 Å². The summed E-state index contributed by atoms with van der Waals surface area (Å²) >= 11 is 0. The van der Waals surface area contributed by atoms with E-state index in [1.807, 2.05) is 13.2 Å². The van der Waals surface area contributed by atoms with Gasteiger partial charge >= 0.3 is 27.3 Å². The van der Waals surface area contributed by atoms with Crippen LogP contribution in [-0.4, -0.2) is 55.3 Å². The number of carbonyl (C=O) groups excluding carboxylic acids is 1. The second-order valence-corrected chi connectivity index (χ2v) is 15.4. The van der Waals surface area contributed by atoms with E-state index in [0.29, 0.717) is 5.56 Å². The van der Waals surface area contributed by atoms with Gasteiger partial charge in [-0.2, -0.15) is 9.29 Å². The quantitative estimate of drug-likeness (QED) is 0.134. The molecule has 41 heavy (non-hydrogen) atoms. The minimum atomic E-state index is -5.83. The molecule has 1 fully saturated rings. The Morgan fingerprint density at radius 3 is 2.56 bits per heavy atom. The topological polar surface area (TPSA) is 259 Å². The van der Waals surface area contributed by atoms with Crippen molar-refractivity contribution >= 4 is 56.8 Å². The van der Waals surface area contributed by atoms with Gasteiger partial charge in [-0.25, -0.2) is 23.0 Å². The Morgan fingerprint density at radius 2 is 1.93 bits per heavy atom. The summed E-state index contributed by atoms with van der Waals surface area (Å²) in [5.41, 5.74) is 5.59. The molecule has 1 aliphatic heterocycles. The molecule has 2 aromatic rings. The summed E-state index contributed by atoms with van der Waals surface area (Å²) in [6, 6.07) is 7.97. The Balaban J connectivity index is 1.83. The number of nitrogens with two attached hydrogens (primary N) is 1. The molecule has 228 valence electrons. The monoisotopic (exact) mass is 676 g/mol. The van der Waals surface area contributed by atoms with Crippen LogP contribution in [0.4, 0.5) is 5.82 Å². The zero-order chi connectivity index (χ0) is 30.6. The van der Waals surface area contributed by atoms with E-state index in [9.17, 15) is 33.1 Å². The van der Waals surface area contributed by atoms with E-state index in [4.69, 9.17) is 25.0 Å². The maximum Gasteiger partial charge on any atom is 0.487 e. The van der Waals surface area contributed by atoms with E-state index in [0.717, 1.165) is 4.57 Å². The van der Waals surface area contributed by atoms with E-state index < -0.39 is 60.2 Å². The molecule has 0 aliphatic carbocycles. The number of anilines is 1.